The topological polar surface area (TPSA) is 68.4 Å². The van der Waals surface area contributed by atoms with Crippen molar-refractivity contribution in [3.8, 4) is 0 Å². The highest BCUT2D eigenvalue weighted by atomic mass is 16.3. The molecule has 0 saturated carbocycles. The summed E-state index contributed by atoms with van der Waals surface area (Å²) in [5, 5.41) is 14.4. The van der Waals surface area contributed by atoms with Crippen LogP contribution in [0.15, 0.2) is 24.4 Å². The number of aromatic amines is 1. The Bertz CT molecular complexity index is 805. The lowest BCUT2D eigenvalue weighted by atomic mass is 9.94. The van der Waals surface area contributed by atoms with Gasteiger partial charge in [0.25, 0.3) is 0 Å². The van der Waals surface area contributed by atoms with E-state index >= 15 is 0 Å². The van der Waals surface area contributed by atoms with E-state index in [0.29, 0.717) is 11.8 Å². The number of hydrogen-bond donors (Lipinski definition) is 3. The van der Waals surface area contributed by atoms with Crippen LogP contribution in [0.2, 0.25) is 0 Å². The van der Waals surface area contributed by atoms with Gasteiger partial charge in [0.2, 0.25) is 5.91 Å². The minimum atomic E-state index is -0.189. The molecule has 146 valence electrons. The number of aromatic nitrogens is 1. The van der Waals surface area contributed by atoms with Crippen LogP contribution in [-0.4, -0.2) is 46.6 Å². The number of rotatable bonds is 4. The summed E-state index contributed by atoms with van der Waals surface area (Å²) >= 11 is 0. The van der Waals surface area contributed by atoms with Crippen LogP contribution < -0.4 is 5.32 Å². The van der Waals surface area contributed by atoms with E-state index in [1.165, 1.54) is 16.5 Å². The van der Waals surface area contributed by atoms with E-state index in [4.69, 9.17) is 0 Å². The maximum Gasteiger partial charge on any atom is 0.240 e. The van der Waals surface area contributed by atoms with Gasteiger partial charge in [-0.1, -0.05) is 26.0 Å². The average molecular weight is 370 g/mol. The fourth-order valence-corrected chi connectivity index (χ4v) is 4.73. The molecule has 2 aromatic rings. The van der Waals surface area contributed by atoms with Crippen LogP contribution in [0.1, 0.15) is 50.3 Å². The standard InChI is InChI=1S/C22H31N3O2/c1-14(2)10-19-17-4-3-5-18-21(17)16(12-23-18)11-20(24-19)22(27)25-8-6-15(13-26)7-9-25/h3-5,12,14-15,19-20,23-24,26H,6-11,13H2,1-2H3/t19-,20-/m0/s1. The van der Waals surface area contributed by atoms with Crippen molar-refractivity contribution < 1.29 is 9.90 Å². The van der Waals surface area contributed by atoms with Gasteiger partial charge >= 0.3 is 0 Å². The molecule has 27 heavy (non-hydrogen) atoms. The monoisotopic (exact) mass is 369 g/mol. The van der Waals surface area contributed by atoms with E-state index in [0.717, 1.165) is 44.3 Å². The van der Waals surface area contributed by atoms with Crippen molar-refractivity contribution in [3.05, 3.63) is 35.5 Å². The van der Waals surface area contributed by atoms with E-state index in [1.54, 1.807) is 0 Å². The third kappa shape index (κ3) is 3.63. The summed E-state index contributed by atoms with van der Waals surface area (Å²) in [6.45, 7) is 6.22. The molecular formula is C22H31N3O2. The van der Waals surface area contributed by atoms with Crippen molar-refractivity contribution in [1.29, 1.82) is 0 Å². The van der Waals surface area contributed by atoms with Crippen molar-refractivity contribution in [2.75, 3.05) is 19.7 Å². The summed E-state index contributed by atoms with van der Waals surface area (Å²) in [5.74, 6) is 1.11. The van der Waals surface area contributed by atoms with Crippen molar-refractivity contribution >= 4 is 16.8 Å². The lowest BCUT2D eigenvalue weighted by molar-refractivity contribution is -0.135. The van der Waals surface area contributed by atoms with Gasteiger partial charge in [0.05, 0.1) is 6.04 Å². The van der Waals surface area contributed by atoms with Gasteiger partial charge in [-0.2, -0.15) is 0 Å². The minimum absolute atomic E-state index is 0.189. The molecule has 0 spiro atoms. The molecule has 1 aromatic heterocycles. The molecule has 1 fully saturated rings. The number of carbonyl (C=O) groups excluding carboxylic acids is 1. The summed E-state index contributed by atoms with van der Waals surface area (Å²) in [6.07, 6.45) is 5.62. The van der Waals surface area contributed by atoms with Crippen molar-refractivity contribution in [2.45, 2.75) is 51.6 Å². The summed E-state index contributed by atoms with van der Waals surface area (Å²) in [6, 6.07) is 6.44. The number of H-pyrrole nitrogens is 1. The first-order chi connectivity index (χ1) is 13.1. The number of aliphatic hydroxyl groups excluding tert-OH is 1. The second kappa shape index (κ2) is 7.64. The zero-order valence-corrected chi connectivity index (χ0v) is 16.4. The molecule has 2 aliphatic rings. The highest BCUT2D eigenvalue weighted by Gasteiger charge is 2.33. The number of nitrogens with zero attached hydrogens (tertiary/aromatic N) is 1. The fraction of sp³-hybridized carbons (Fsp3) is 0.591. The third-order valence-electron chi connectivity index (χ3n) is 6.21. The Labute approximate surface area is 161 Å². The van der Waals surface area contributed by atoms with E-state index in [2.05, 4.69) is 48.5 Å². The highest BCUT2D eigenvalue weighted by molar-refractivity contribution is 5.90. The van der Waals surface area contributed by atoms with Gasteiger partial charge in [0, 0.05) is 42.8 Å². The summed E-state index contributed by atoms with van der Waals surface area (Å²) in [7, 11) is 0. The first-order valence-corrected chi connectivity index (χ1v) is 10.3. The second-order valence-electron chi connectivity index (χ2n) is 8.64. The maximum atomic E-state index is 13.3. The maximum absolute atomic E-state index is 13.3. The molecule has 0 radical (unpaired) electrons. The largest absolute Gasteiger partial charge is 0.396 e. The number of carbonyl (C=O) groups is 1. The van der Waals surface area contributed by atoms with Crippen LogP contribution in [0.3, 0.4) is 0 Å². The van der Waals surface area contributed by atoms with E-state index in [9.17, 15) is 9.90 Å². The number of piperidine rings is 1. The SMILES string of the molecule is CC(C)C[C@@H]1N[C@H](C(=O)N2CCC(CO)CC2)Cc2c[nH]c3cccc1c23. The lowest BCUT2D eigenvalue weighted by Gasteiger charge is -2.34. The molecule has 4 rings (SSSR count). The lowest BCUT2D eigenvalue weighted by Crippen LogP contribution is -2.50. The van der Waals surface area contributed by atoms with Crippen molar-refractivity contribution in [1.82, 2.24) is 15.2 Å². The average Bonchev–Trinajstić information content (AvgIpc) is 3.01. The van der Waals surface area contributed by atoms with Crippen LogP contribution in [0.25, 0.3) is 10.9 Å². The first-order valence-electron chi connectivity index (χ1n) is 10.3. The Morgan fingerprint density at radius 2 is 2.07 bits per heavy atom. The normalized spacial score (nSPS) is 23.8. The molecular weight excluding hydrogens is 338 g/mol. The Balaban J connectivity index is 1.61. The van der Waals surface area contributed by atoms with Crippen LogP contribution in [0.5, 0.6) is 0 Å². The van der Waals surface area contributed by atoms with Crippen molar-refractivity contribution in [2.24, 2.45) is 11.8 Å². The molecule has 0 unspecified atom stereocenters. The fourth-order valence-electron chi connectivity index (χ4n) is 4.73. The number of likely N-dealkylation sites (tertiary alicyclic amines) is 1. The molecule has 1 amide bonds. The van der Waals surface area contributed by atoms with E-state index in [1.807, 2.05) is 4.90 Å². The molecule has 2 aliphatic heterocycles. The Morgan fingerprint density at radius 1 is 1.30 bits per heavy atom. The molecule has 1 saturated heterocycles. The number of benzene rings is 1. The van der Waals surface area contributed by atoms with E-state index in [-0.39, 0.29) is 24.6 Å². The van der Waals surface area contributed by atoms with Gasteiger partial charge in [0.15, 0.2) is 0 Å². The Hall–Kier alpha value is -1.85. The van der Waals surface area contributed by atoms with Gasteiger partial charge in [0.1, 0.15) is 0 Å². The first kappa shape index (κ1) is 18.5. The molecule has 5 nitrogen and oxygen atoms in total. The van der Waals surface area contributed by atoms with Gasteiger partial charge in [-0.15, -0.1) is 0 Å². The summed E-state index contributed by atoms with van der Waals surface area (Å²) in [5.41, 5.74) is 3.71. The Morgan fingerprint density at radius 3 is 2.78 bits per heavy atom. The molecule has 0 aliphatic carbocycles. The molecule has 0 bridgehead atoms. The number of aliphatic hydroxyl groups is 1. The molecule has 3 heterocycles. The molecule has 3 N–H and O–H groups in total. The number of amides is 1. The summed E-state index contributed by atoms with van der Waals surface area (Å²) in [4.78, 5) is 18.7. The minimum Gasteiger partial charge on any atom is -0.396 e. The van der Waals surface area contributed by atoms with Crippen LogP contribution in [0.4, 0.5) is 0 Å². The Kier molecular flexibility index (Phi) is 5.24. The van der Waals surface area contributed by atoms with Crippen LogP contribution in [0, 0.1) is 11.8 Å². The quantitative estimate of drug-likeness (QED) is 0.776. The van der Waals surface area contributed by atoms with Crippen LogP contribution >= 0.6 is 0 Å². The number of nitrogens with one attached hydrogen (secondary N) is 2. The molecule has 5 heteroatoms. The molecule has 2 atom stereocenters. The van der Waals surface area contributed by atoms with Gasteiger partial charge in [-0.05, 0) is 54.7 Å². The predicted molar refractivity (Wildman–Crippen MR) is 108 cm³/mol. The highest BCUT2D eigenvalue weighted by Crippen LogP contribution is 2.34. The molecule has 1 aromatic carbocycles. The van der Waals surface area contributed by atoms with Crippen LogP contribution in [-0.2, 0) is 11.2 Å². The number of hydrogen-bond acceptors (Lipinski definition) is 3. The summed E-state index contributed by atoms with van der Waals surface area (Å²) < 4.78 is 0. The van der Waals surface area contributed by atoms with Gasteiger partial charge in [-0.25, -0.2) is 0 Å². The zero-order valence-electron chi connectivity index (χ0n) is 16.4. The van der Waals surface area contributed by atoms with E-state index < -0.39 is 0 Å². The van der Waals surface area contributed by atoms with Gasteiger partial charge < -0.3 is 15.0 Å². The third-order valence-corrected chi connectivity index (χ3v) is 6.21. The predicted octanol–water partition coefficient (Wildman–Crippen LogP) is 3.00. The second-order valence-corrected chi connectivity index (χ2v) is 8.64. The smallest absolute Gasteiger partial charge is 0.240 e. The zero-order chi connectivity index (χ0) is 19.0. The van der Waals surface area contributed by atoms with Crippen molar-refractivity contribution in [3.63, 3.8) is 0 Å². The van der Waals surface area contributed by atoms with Gasteiger partial charge in [-0.3, -0.25) is 10.1 Å².